The van der Waals surface area contributed by atoms with Crippen molar-refractivity contribution in [2.45, 2.75) is 44.6 Å². The van der Waals surface area contributed by atoms with E-state index in [0.717, 1.165) is 30.6 Å². The van der Waals surface area contributed by atoms with Crippen LogP contribution in [0.4, 0.5) is 0 Å². The first kappa shape index (κ1) is 16.7. The van der Waals surface area contributed by atoms with Crippen LogP contribution in [0.1, 0.15) is 37.8 Å². The Labute approximate surface area is 143 Å². The number of amides is 1. The van der Waals surface area contributed by atoms with Crippen molar-refractivity contribution in [3.05, 3.63) is 48.3 Å². The van der Waals surface area contributed by atoms with Gasteiger partial charge >= 0.3 is 0 Å². The average Bonchev–Trinajstić information content (AvgIpc) is 3.11. The summed E-state index contributed by atoms with van der Waals surface area (Å²) < 4.78 is 7.53. The molecule has 0 unspecified atom stereocenters. The number of hydrogen-bond donors (Lipinski definition) is 1. The highest BCUT2D eigenvalue weighted by Crippen LogP contribution is 2.19. The molecule has 1 N–H and O–H groups in total. The molecule has 0 bridgehead atoms. The number of aromatic nitrogens is 2. The minimum Gasteiger partial charge on any atom is -0.368 e. The Hall–Kier alpha value is -2.14. The van der Waals surface area contributed by atoms with E-state index < -0.39 is 0 Å². The largest absolute Gasteiger partial charge is 0.368 e. The smallest absolute Gasteiger partial charge is 0.246 e. The zero-order valence-corrected chi connectivity index (χ0v) is 14.0. The molecule has 128 valence electrons. The summed E-state index contributed by atoms with van der Waals surface area (Å²) >= 11 is 0. The highest BCUT2D eigenvalue weighted by molar-refractivity contribution is 5.77. The van der Waals surface area contributed by atoms with Crippen molar-refractivity contribution in [3.8, 4) is 5.69 Å². The zero-order valence-electron chi connectivity index (χ0n) is 14.0. The van der Waals surface area contributed by atoms with Crippen LogP contribution in [-0.2, 0) is 16.0 Å². The summed E-state index contributed by atoms with van der Waals surface area (Å²) in [7, 11) is 0. The van der Waals surface area contributed by atoms with Crippen molar-refractivity contribution < 1.29 is 9.53 Å². The Morgan fingerprint density at radius 3 is 2.75 bits per heavy atom. The third-order valence-electron chi connectivity index (χ3n) is 4.37. The summed E-state index contributed by atoms with van der Waals surface area (Å²) in [5.41, 5.74) is 2.00. The maximum absolute atomic E-state index is 11.8. The molecule has 1 heterocycles. The molecule has 3 rings (SSSR count). The van der Waals surface area contributed by atoms with Gasteiger partial charge in [0, 0.05) is 19.2 Å². The molecule has 1 aromatic heterocycles. The van der Waals surface area contributed by atoms with Gasteiger partial charge in [-0.3, -0.25) is 4.79 Å². The molecule has 0 spiro atoms. The second-order valence-corrected chi connectivity index (χ2v) is 6.26. The molecule has 5 heteroatoms. The lowest BCUT2D eigenvalue weighted by atomic mass is 9.98. The fourth-order valence-corrected chi connectivity index (χ4v) is 3.03. The molecule has 1 aliphatic rings. The monoisotopic (exact) mass is 327 g/mol. The second-order valence-electron chi connectivity index (χ2n) is 6.26. The average molecular weight is 327 g/mol. The van der Waals surface area contributed by atoms with Crippen LogP contribution >= 0.6 is 0 Å². The van der Waals surface area contributed by atoms with E-state index in [-0.39, 0.29) is 18.6 Å². The van der Waals surface area contributed by atoms with Crippen LogP contribution in [0.2, 0.25) is 0 Å². The molecular weight excluding hydrogens is 302 g/mol. The summed E-state index contributed by atoms with van der Waals surface area (Å²) in [6, 6.07) is 12.0. The molecule has 5 nitrogen and oxygen atoms in total. The van der Waals surface area contributed by atoms with Gasteiger partial charge in [0.1, 0.15) is 6.61 Å². The minimum absolute atomic E-state index is 0.0388. The predicted molar refractivity (Wildman–Crippen MR) is 93.1 cm³/mol. The van der Waals surface area contributed by atoms with Gasteiger partial charge in [0.25, 0.3) is 0 Å². The molecule has 0 saturated heterocycles. The van der Waals surface area contributed by atoms with Crippen LogP contribution in [-0.4, -0.2) is 34.9 Å². The maximum Gasteiger partial charge on any atom is 0.246 e. The summed E-state index contributed by atoms with van der Waals surface area (Å²) in [6.45, 7) is 0.752. The SMILES string of the molecule is O=C(COC1CCCCC1)NCCc1ccn(-c2ccccc2)n1. The Bertz CT molecular complexity index is 633. The number of nitrogens with zero attached hydrogens (tertiary/aromatic N) is 2. The van der Waals surface area contributed by atoms with Crippen molar-refractivity contribution in [1.29, 1.82) is 0 Å². The minimum atomic E-state index is -0.0388. The summed E-state index contributed by atoms with van der Waals surface area (Å²) in [5, 5.41) is 7.44. The number of nitrogens with one attached hydrogen (secondary N) is 1. The molecule has 1 aromatic carbocycles. The molecule has 2 aromatic rings. The predicted octanol–water partition coefficient (Wildman–Crippen LogP) is 2.88. The summed E-state index contributed by atoms with van der Waals surface area (Å²) in [5.74, 6) is -0.0388. The lowest BCUT2D eigenvalue weighted by Gasteiger charge is -2.21. The number of hydrogen-bond acceptors (Lipinski definition) is 3. The topological polar surface area (TPSA) is 56.1 Å². The summed E-state index contributed by atoms with van der Waals surface area (Å²) in [4.78, 5) is 11.8. The van der Waals surface area contributed by atoms with Gasteiger partial charge in [-0.15, -0.1) is 0 Å². The Balaban J connectivity index is 1.37. The van der Waals surface area contributed by atoms with Crippen LogP contribution in [0, 0.1) is 0 Å². The van der Waals surface area contributed by atoms with Gasteiger partial charge < -0.3 is 10.1 Å². The number of ether oxygens (including phenoxy) is 1. The summed E-state index contributed by atoms with van der Waals surface area (Å²) in [6.07, 6.45) is 8.84. The molecular formula is C19H25N3O2. The Kier molecular flexibility index (Phi) is 6.01. The lowest BCUT2D eigenvalue weighted by Crippen LogP contribution is -2.31. The first-order valence-electron chi connectivity index (χ1n) is 8.79. The fourth-order valence-electron chi connectivity index (χ4n) is 3.03. The van der Waals surface area contributed by atoms with Gasteiger partial charge in [0.15, 0.2) is 0 Å². The second kappa shape index (κ2) is 8.64. The Morgan fingerprint density at radius 2 is 1.96 bits per heavy atom. The van der Waals surface area contributed by atoms with Crippen molar-refractivity contribution in [2.24, 2.45) is 0 Å². The van der Waals surface area contributed by atoms with E-state index >= 15 is 0 Å². The molecule has 1 aliphatic carbocycles. The standard InChI is InChI=1S/C19H25N3O2/c23-19(15-24-18-9-5-2-6-10-18)20-13-11-16-12-14-22(21-16)17-7-3-1-4-8-17/h1,3-4,7-8,12,14,18H,2,5-6,9-11,13,15H2,(H,20,23). The van der Waals surface area contributed by atoms with E-state index in [1.807, 2.05) is 47.3 Å². The number of para-hydroxylation sites is 1. The third-order valence-corrected chi connectivity index (χ3v) is 4.37. The number of benzene rings is 1. The van der Waals surface area contributed by atoms with Crippen LogP contribution in [0.5, 0.6) is 0 Å². The van der Waals surface area contributed by atoms with Gasteiger partial charge in [0.05, 0.1) is 17.5 Å². The number of rotatable bonds is 7. The lowest BCUT2D eigenvalue weighted by molar-refractivity contribution is -0.128. The molecule has 0 radical (unpaired) electrons. The van der Waals surface area contributed by atoms with Gasteiger partial charge in [0.2, 0.25) is 5.91 Å². The van der Waals surface area contributed by atoms with Crippen LogP contribution < -0.4 is 5.32 Å². The van der Waals surface area contributed by atoms with E-state index in [0.29, 0.717) is 6.54 Å². The van der Waals surface area contributed by atoms with Crippen molar-refractivity contribution in [3.63, 3.8) is 0 Å². The third kappa shape index (κ3) is 4.93. The molecule has 24 heavy (non-hydrogen) atoms. The maximum atomic E-state index is 11.8. The van der Waals surface area contributed by atoms with Gasteiger partial charge in [-0.2, -0.15) is 5.10 Å². The van der Waals surface area contributed by atoms with E-state index in [1.54, 1.807) is 0 Å². The van der Waals surface area contributed by atoms with E-state index in [4.69, 9.17) is 4.74 Å². The molecule has 0 aliphatic heterocycles. The quantitative estimate of drug-likeness (QED) is 0.851. The van der Waals surface area contributed by atoms with Gasteiger partial charge in [-0.05, 0) is 31.0 Å². The van der Waals surface area contributed by atoms with Gasteiger partial charge in [-0.25, -0.2) is 4.68 Å². The van der Waals surface area contributed by atoms with Gasteiger partial charge in [-0.1, -0.05) is 37.5 Å². The van der Waals surface area contributed by atoms with Crippen LogP contribution in [0.15, 0.2) is 42.6 Å². The van der Waals surface area contributed by atoms with Crippen molar-refractivity contribution in [1.82, 2.24) is 15.1 Å². The van der Waals surface area contributed by atoms with Crippen LogP contribution in [0.25, 0.3) is 5.69 Å². The number of carbonyl (C=O) groups excluding carboxylic acids is 1. The highest BCUT2D eigenvalue weighted by Gasteiger charge is 2.15. The van der Waals surface area contributed by atoms with Crippen LogP contribution in [0.3, 0.4) is 0 Å². The number of carbonyl (C=O) groups is 1. The fraction of sp³-hybridized carbons (Fsp3) is 0.474. The van der Waals surface area contributed by atoms with Crippen molar-refractivity contribution in [2.75, 3.05) is 13.2 Å². The molecule has 0 atom stereocenters. The Morgan fingerprint density at radius 1 is 1.17 bits per heavy atom. The van der Waals surface area contributed by atoms with E-state index in [1.165, 1.54) is 19.3 Å². The molecule has 1 fully saturated rings. The molecule has 1 saturated carbocycles. The first-order chi connectivity index (χ1) is 11.8. The normalized spacial score (nSPS) is 15.3. The van der Waals surface area contributed by atoms with E-state index in [9.17, 15) is 4.79 Å². The highest BCUT2D eigenvalue weighted by atomic mass is 16.5. The van der Waals surface area contributed by atoms with E-state index in [2.05, 4.69) is 10.4 Å². The molecule has 1 amide bonds. The van der Waals surface area contributed by atoms with Crippen molar-refractivity contribution >= 4 is 5.91 Å². The first-order valence-corrected chi connectivity index (χ1v) is 8.79. The zero-order chi connectivity index (χ0) is 16.6.